The summed E-state index contributed by atoms with van der Waals surface area (Å²) in [6, 6.07) is 98.0. The van der Waals surface area contributed by atoms with Gasteiger partial charge in [0.05, 0.1) is 44.1 Å². The first-order valence-corrected chi connectivity index (χ1v) is 34.7. The van der Waals surface area contributed by atoms with Crippen LogP contribution in [0.3, 0.4) is 0 Å². The third kappa shape index (κ3) is 8.20. The molecule has 0 aliphatic carbocycles. The maximum Gasteiger partial charge on any atom is 0.237 e. The molecule has 0 spiro atoms. The molecule has 104 heavy (non-hydrogen) atoms. The molecule has 0 N–H and O–H groups in total. The molecule has 0 saturated carbocycles. The van der Waals surface area contributed by atoms with Gasteiger partial charge in [-0.3, -0.25) is 8.80 Å². The first-order valence-electron chi connectivity index (χ1n) is 34.7. The van der Waals surface area contributed by atoms with Crippen LogP contribution in [0.2, 0.25) is 0 Å². The van der Waals surface area contributed by atoms with Gasteiger partial charge in [0.25, 0.3) is 0 Å². The van der Waals surface area contributed by atoms with Crippen LogP contribution in [0.5, 0.6) is 0 Å². The van der Waals surface area contributed by atoms with Crippen molar-refractivity contribution >= 4 is 153 Å². The van der Waals surface area contributed by atoms with E-state index in [-0.39, 0.29) is 0 Å². The SMILES string of the molecule is c1ccc(-c2cc(-c3ccccc3)cc(-c3ncc4c5ccccc5c5cnc(-n6c7ccccc7n7c8ccc(-c9ccc%10c(c9)c9ccccc9c9ccc(-c%11ncc%12c%13ccccc%13c%13cnc(-n%14c%15ccccc%15n%15c%16ccccc%16nc%14%15)nc%13c%12n%11)cc9%10)cc8nc67)nc5c4n3)c2)cc1. The highest BCUT2D eigenvalue weighted by molar-refractivity contribution is 6.27. The Morgan fingerprint density at radius 3 is 1.09 bits per heavy atom. The second-order valence-corrected chi connectivity index (χ2v) is 26.8. The molecule has 8 heterocycles. The van der Waals surface area contributed by atoms with E-state index in [4.69, 9.17) is 49.8 Å². The number of hydrogen-bond acceptors (Lipinski definition) is 10. The number of benzene rings is 15. The fourth-order valence-electron chi connectivity index (χ4n) is 16.4. The Hall–Kier alpha value is -14.5. The molecule has 14 heteroatoms. The highest BCUT2D eigenvalue weighted by Crippen LogP contribution is 2.43. The third-order valence-corrected chi connectivity index (χ3v) is 21.1. The van der Waals surface area contributed by atoms with Crippen LogP contribution in [-0.4, -0.2) is 67.8 Å². The Morgan fingerprint density at radius 2 is 0.548 bits per heavy atom. The van der Waals surface area contributed by atoms with Gasteiger partial charge < -0.3 is 0 Å². The molecule has 15 aromatic carbocycles. The van der Waals surface area contributed by atoms with Crippen LogP contribution in [0, 0.1) is 0 Å². The average molecular weight is 1330 g/mol. The van der Waals surface area contributed by atoms with E-state index in [2.05, 4.69) is 261 Å². The Kier molecular flexibility index (Phi) is 11.7. The lowest BCUT2D eigenvalue weighted by atomic mass is 9.91. The summed E-state index contributed by atoms with van der Waals surface area (Å²) in [7, 11) is 0. The van der Waals surface area contributed by atoms with E-state index in [0.29, 0.717) is 29.3 Å². The molecule has 0 aliphatic rings. The summed E-state index contributed by atoms with van der Waals surface area (Å²) in [4.78, 5) is 53.3. The minimum Gasteiger partial charge on any atom is -0.276 e. The molecule has 0 radical (unpaired) electrons. The fourth-order valence-corrected chi connectivity index (χ4v) is 16.4. The smallest absolute Gasteiger partial charge is 0.237 e. The topological polar surface area (TPSA) is 148 Å². The Labute approximate surface area is 589 Å². The van der Waals surface area contributed by atoms with Crippen LogP contribution < -0.4 is 0 Å². The third-order valence-electron chi connectivity index (χ3n) is 21.1. The predicted molar refractivity (Wildman–Crippen MR) is 420 cm³/mol. The van der Waals surface area contributed by atoms with E-state index < -0.39 is 0 Å². The van der Waals surface area contributed by atoms with Gasteiger partial charge in [-0.1, -0.05) is 200 Å². The van der Waals surface area contributed by atoms with Crippen LogP contribution in [0.4, 0.5) is 0 Å². The molecule has 0 saturated heterocycles. The lowest BCUT2D eigenvalue weighted by Crippen LogP contribution is -2.03. The number of nitrogens with zero attached hydrogens (tertiary/aromatic N) is 14. The van der Waals surface area contributed by atoms with Gasteiger partial charge >= 0.3 is 0 Å². The average Bonchev–Trinajstić information content (AvgIpc) is 1.43. The van der Waals surface area contributed by atoms with Crippen molar-refractivity contribution in [2.75, 3.05) is 0 Å². The lowest BCUT2D eigenvalue weighted by molar-refractivity contribution is 0.984. The van der Waals surface area contributed by atoms with Gasteiger partial charge in [-0.2, -0.15) is 0 Å². The molecular weight excluding hydrogens is 1280 g/mol. The first kappa shape index (κ1) is 56.4. The highest BCUT2D eigenvalue weighted by Gasteiger charge is 2.25. The van der Waals surface area contributed by atoms with E-state index in [1.165, 1.54) is 5.39 Å². The van der Waals surface area contributed by atoms with Gasteiger partial charge in [0.2, 0.25) is 23.5 Å². The summed E-state index contributed by atoms with van der Waals surface area (Å²) >= 11 is 0. The normalized spacial score (nSPS) is 12.2. The zero-order valence-corrected chi connectivity index (χ0v) is 55.1. The molecule has 480 valence electrons. The van der Waals surface area contributed by atoms with Crippen molar-refractivity contribution in [2.24, 2.45) is 0 Å². The van der Waals surface area contributed by atoms with Crippen molar-refractivity contribution in [1.29, 1.82) is 0 Å². The molecule has 0 amide bonds. The minimum atomic E-state index is 0.482. The largest absolute Gasteiger partial charge is 0.276 e. The van der Waals surface area contributed by atoms with Crippen LogP contribution in [0.15, 0.2) is 304 Å². The van der Waals surface area contributed by atoms with Crippen LogP contribution in [0.1, 0.15) is 0 Å². The van der Waals surface area contributed by atoms with Crippen LogP contribution >= 0.6 is 0 Å². The zero-order valence-electron chi connectivity index (χ0n) is 55.1. The van der Waals surface area contributed by atoms with Crippen molar-refractivity contribution in [2.45, 2.75) is 0 Å². The number of fused-ring (bicyclic) bond motifs is 28. The van der Waals surface area contributed by atoms with Crippen molar-refractivity contribution in [3.8, 4) is 68.1 Å². The summed E-state index contributed by atoms with van der Waals surface area (Å²) in [6.45, 7) is 0. The van der Waals surface area contributed by atoms with Gasteiger partial charge in [-0.25, -0.2) is 59.0 Å². The zero-order chi connectivity index (χ0) is 67.8. The Balaban J connectivity index is 0.652. The number of imidazole rings is 4. The first-order chi connectivity index (χ1) is 51.5. The molecule has 0 fully saturated rings. The monoisotopic (exact) mass is 1330 g/mol. The summed E-state index contributed by atoms with van der Waals surface area (Å²) in [5.74, 6) is 3.62. The van der Waals surface area contributed by atoms with E-state index in [1.807, 2.05) is 61.2 Å². The van der Waals surface area contributed by atoms with Gasteiger partial charge in [-0.05, 0) is 166 Å². The molecule has 23 aromatic rings. The number of rotatable bonds is 7. The molecule has 23 rings (SSSR count). The van der Waals surface area contributed by atoms with Crippen molar-refractivity contribution < 1.29 is 0 Å². The second kappa shape index (κ2) is 21.5. The van der Waals surface area contributed by atoms with Gasteiger partial charge in [-0.15, -0.1) is 0 Å². The fraction of sp³-hybridized carbons (Fsp3) is 0. The number of hydrogen-bond donors (Lipinski definition) is 0. The Morgan fingerprint density at radius 1 is 0.192 bits per heavy atom. The molecule has 8 aromatic heterocycles. The number of aromatic nitrogens is 14. The molecule has 0 bridgehead atoms. The Bertz CT molecular complexity index is 7630. The maximum atomic E-state index is 5.55. The van der Waals surface area contributed by atoms with Crippen LogP contribution in [-0.2, 0) is 0 Å². The lowest BCUT2D eigenvalue weighted by Gasteiger charge is -2.14. The maximum absolute atomic E-state index is 5.55. The summed E-state index contributed by atoms with van der Waals surface area (Å²) in [5, 5.41) is 14.6. The summed E-state index contributed by atoms with van der Waals surface area (Å²) < 4.78 is 8.55. The van der Waals surface area contributed by atoms with Crippen LogP contribution in [0.25, 0.3) is 221 Å². The van der Waals surface area contributed by atoms with E-state index in [0.717, 1.165) is 187 Å². The van der Waals surface area contributed by atoms with Gasteiger partial charge in [0.15, 0.2) is 11.6 Å². The molecule has 0 aliphatic heterocycles. The molecule has 0 unspecified atom stereocenters. The van der Waals surface area contributed by atoms with Gasteiger partial charge in [0.1, 0.15) is 22.1 Å². The summed E-state index contributed by atoms with van der Waals surface area (Å²) in [6.07, 6.45) is 7.80. The predicted octanol–water partition coefficient (Wildman–Crippen LogP) is 21.1. The van der Waals surface area contributed by atoms with Crippen molar-refractivity contribution in [3.05, 3.63) is 304 Å². The minimum absolute atomic E-state index is 0.482. The molecule has 14 nitrogen and oxygen atoms in total. The van der Waals surface area contributed by atoms with E-state index in [9.17, 15) is 0 Å². The van der Waals surface area contributed by atoms with E-state index >= 15 is 0 Å². The molecule has 0 atom stereocenters. The highest BCUT2D eigenvalue weighted by atomic mass is 15.3. The molecular formula is C90H50N14. The summed E-state index contributed by atoms with van der Waals surface area (Å²) in [5.41, 5.74) is 18.8. The van der Waals surface area contributed by atoms with Gasteiger partial charge in [0, 0.05) is 57.5 Å². The van der Waals surface area contributed by atoms with E-state index in [1.54, 1.807) is 0 Å². The van der Waals surface area contributed by atoms with Crippen molar-refractivity contribution in [1.82, 2.24) is 67.8 Å². The standard InChI is InChI=1S/C90H50N14/c1-3-19-51(20-4-1)56-41-57(52-21-5-2-6-22-52)43-58(42-56)86-92-48-70-62-26-10-12-28-64(62)72-50-94-88(100-84(72)82(70)98-86)104-80-34-18-16-32-78(80)102-76-40-37-54(46-74(76)96-90(102)104)53-35-38-66-67(44-53)60-24-8-7-23-59(60)65-39-36-55(45-68(65)66)85-91-47-69-61-25-9-11-27-63(61)71-49-93-87(99-83(71)81(69)97-85)103-79-33-17-15-31-77(79)101-75-30-14-13-29-73(75)95-89(101)103/h1-50H. The quantitative estimate of drug-likeness (QED) is 0.141. The second-order valence-electron chi connectivity index (χ2n) is 26.8. The number of para-hydroxylation sites is 6. The van der Waals surface area contributed by atoms with Crippen molar-refractivity contribution in [3.63, 3.8) is 0 Å².